The molecule has 0 aromatic carbocycles. The number of rotatable bonds is 8. The van der Waals surface area contributed by atoms with E-state index in [0.29, 0.717) is 18.7 Å². The number of H-pyrrole nitrogens is 1. The van der Waals surface area contributed by atoms with Crippen molar-refractivity contribution in [1.29, 1.82) is 0 Å². The van der Waals surface area contributed by atoms with Gasteiger partial charge in [0, 0.05) is 24.3 Å². The third-order valence-corrected chi connectivity index (χ3v) is 4.85. The van der Waals surface area contributed by atoms with Crippen LogP contribution in [0.1, 0.15) is 36.9 Å². The van der Waals surface area contributed by atoms with Gasteiger partial charge in [0.1, 0.15) is 0 Å². The van der Waals surface area contributed by atoms with Gasteiger partial charge >= 0.3 is 0 Å². The molecule has 1 fully saturated rings. The molecule has 3 N–H and O–H groups in total. The highest BCUT2D eigenvalue weighted by Crippen LogP contribution is 2.33. The summed E-state index contributed by atoms with van der Waals surface area (Å²) in [7, 11) is -1.72. The molecule has 0 unspecified atom stereocenters. The summed E-state index contributed by atoms with van der Waals surface area (Å²) in [5.74, 6) is 0.831. The van der Waals surface area contributed by atoms with Crippen molar-refractivity contribution < 1.29 is 8.42 Å². The van der Waals surface area contributed by atoms with Gasteiger partial charge < -0.3 is 5.32 Å². The van der Waals surface area contributed by atoms with Crippen LogP contribution in [-0.2, 0) is 16.6 Å². The van der Waals surface area contributed by atoms with Crippen LogP contribution in [0.5, 0.6) is 0 Å². The van der Waals surface area contributed by atoms with E-state index in [4.69, 9.17) is 0 Å². The van der Waals surface area contributed by atoms with Crippen LogP contribution in [0.2, 0.25) is 0 Å². The first-order valence-electron chi connectivity index (χ1n) is 6.72. The highest BCUT2D eigenvalue weighted by molar-refractivity contribution is 7.89. The first-order chi connectivity index (χ1) is 9.04. The van der Waals surface area contributed by atoms with E-state index in [1.165, 1.54) is 12.8 Å². The van der Waals surface area contributed by atoms with Crippen molar-refractivity contribution in [2.75, 3.05) is 13.6 Å². The van der Waals surface area contributed by atoms with Gasteiger partial charge in [-0.15, -0.1) is 0 Å². The molecule has 0 aliphatic heterocycles. The van der Waals surface area contributed by atoms with Crippen LogP contribution in [0.4, 0.5) is 0 Å². The van der Waals surface area contributed by atoms with Gasteiger partial charge in [0.25, 0.3) is 10.0 Å². The van der Waals surface area contributed by atoms with Crippen molar-refractivity contribution in [2.45, 2.75) is 44.2 Å². The molecule has 108 valence electrons. The van der Waals surface area contributed by atoms with Crippen LogP contribution in [0, 0.1) is 12.8 Å². The van der Waals surface area contributed by atoms with Gasteiger partial charge in [0.05, 0.1) is 0 Å². The first-order valence-corrected chi connectivity index (χ1v) is 8.21. The van der Waals surface area contributed by atoms with Gasteiger partial charge in [-0.2, -0.15) is 5.10 Å². The van der Waals surface area contributed by atoms with Crippen molar-refractivity contribution in [2.24, 2.45) is 5.92 Å². The normalized spacial score (nSPS) is 15.9. The van der Waals surface area contributed by atoms with Gasteiger partial charge in [0.2, 0.25) is 0 Å². The first kappa shape index (κ1) is 14.5. The summed E-state index contributed by atoms with van der Waals surface area (Å²) >= 11 is 0. The molecule has 0 atom stereocenters. The molecule has 7 heteroatoms. The summed E-state index contributed by atoms with van der Waals surface area (Å²) < 4.78 is 27.0. The van der Waals surface area contributed by atoms with E-state index in [1.807, 2.05) is 6.92 Å². The molecule has 1 aliphatic carbocycles. The third-order valence-electron chi connectivity index (χ3n) is 3.42. The Morgan fingerprint density at radius 1 is 1.42 bits per heavy atom. The van der Waals surface area contributed by atoms with Crippen LogP contribution >= 0.6 is 0 Å². The van der Waals surface area contributed by atoms with Crippen LogP contribution in [-0.4, -0.2) is 32.2 Å². The Balaban J connectivity index is 1.97. The molecule has 1 aliphatic rings. The molecule has 0 radical (unpaired) electrons. The van der Waals surface area contributed by atoms with Crippen molar-refractivity contribution in [3.63, 3.8) is 0 Å². The predicted molar refractivity (Wildman–Crippen MR) is 73.2 cm³/mol. The number of aromatic nitrogens is 2. The lowest BCUT2D eigenvalue weighted by Crippen LogP contribution is -2.26. The molecule has 1 saturated carbocycles. The second kappa shape index (κ2) is 6.02. The third kappa shape index (κ3) is 3.77. The Morgan fingerprint density at radius 2 is 2.16 bits per heavy atom. The minimum absolute atomic E-state index is 0.116. The Bertz CT molecular complexity index is 520. The Kier molecular flexibility index (Phi) is 4.59. The molecular formula is C12H22N4O2S. The lowest BCUT2D eigenvalue weighted by atomic mass is 10.2. The van der Waals surface area contributed by atoms with E-state index in [-0.39, 0.29) is 5.03 Å². The number of aromatic amines is 1. The summed E-state index contributed by atoms with van der Waals surface area (Å²) in [6.07, 6.45) is 4.62. The van der Waals surface area contributed by atoms with E-state index in [1.54, 1.807) is 7.05 Å². The lowest BCUT2D eigenvalue weighted by molar-refractivity contribution is 0.566. The predicted octanol–water partition coefficient (Wildman–Crippen LogP) is 0.906. The summed E-state index contributed by atoms with van der Waals surface area (Å²) in [6.45, 7) is 2.80. The quantitative estimate of drug-likeness (QED) is 0.620. The summed E-state index contributed by atoms with van der Waals surface area (Å²) in [4.78, 5) is 0. The zero-order valence-corrected chi connectivity index (χ0v) is 12.3. The maximum absolute atomic E-state index is 12.2. The van der Waals surface area contributed by atoms with Gasteiger partial charge in [-0.1, -0.05) is 12.8 Å². The van der Waals surface area contributed by atoms with E-state index >= 15 is 0 Å². The number of nitrogens with zero attached hydrogens (tertiary/aromatic N) is 1. The van der Waals surface area contributed by atoms with E-state index in [9.17, 15) is 8.42 Å². The van der Waals surface area contributed by atoms with Crippen molar-refractivity contribution in [1.82, 2.24) is 20.2 Å². The molecule has 1 aromatic heterocycles. The molecule has 6 nitrogen and oxygen atoms in total. The smallest absolute Gasteiger partial charge is 0.260 e. The molecule has 19 heavy (non-hydrogen) atoms. The standard InChI is InChI=1S/C12H22N4O2S/c1-9-11(8-13-2)12(16-15-9)19(17,18)14-7-3-4-10-5-6-10/h10,13-14H,3-8H2,1-2H3,(H,15,16). The molecule has 0 saturated heterocycles. The van der Waals surface area contributed by atoms with Gasteiger partial charge in [-0.05, 0) is 32.7 Å². The molecule has 2 rings (SSSR count). The second-order valence-corrected chi connectivity index (χ2v) is 6.83. The van der Waals surface area contributed by atoms with Crippen LogP contribution < -0.4 is 10.0 Å². The largest absolute Gasteiger partial charge is 0.316 e. The summed E-state index contributed by atoms with van der Waals surface area (Å²) in [5.41, 5.74) is 1.49. The fraction of sp³-hybridized carbons (Fsp3) is 0.750. The van der Waals surface area contributed by atoms with E-state index < -0.39 is 10.0 Å². The van der Waals surface area contributed by atoms with E-state index in [2.05, 4.69) is 20.2 Å². The average molecular weight is 286 g/mol. The molecule has 0 bridgehead atoms. The average Bonchev–Trinajstić information content (AvgIpc) is 3.11. The number of hydrogen-bond acceptors (Lipinski definition) is 4. The fourth-order valence-corrected chi connectivity index (χ4v) is 3.37. The summed E-state index contributed by atoms with van der Waals surface area (Å²) in [6, 6.07) is 0. The van der Waals surface area contributed by atoms with Crippen molar-refractivity contribution in [3.8, 4) is 0 Å². The maximum atomic E-state index is 12.2. The molecule has 1 heterocycles. The molecule has 0 spiro atoms. The summed E-state index contributed by atoms with van der Waals surface area (Å²) in [5, 5.41) is 9.73. The number of sulfonamides is 1. The lowest BCUT2D eigenvalue weighted by Gasteiger charge is -2.06. The number of hydrogen-bond donors (Lipinski definition) is 3. The second-order valence-electron chi connectivity index (χ2n) is 5.15. The Labute approximate surface area is 114 Å². The van der Waals surface area contributed by atoms with Crippen LogP contribution in [0.25, 0.3) is 0 Å². The van der Waals surface area contributed by atoms with Crippen LogP contribution in [0.3, 0.4) is 0 Å². The zero-order valence-electron chi connectivity index (χ0n) is 11.5. The SMILES string of the molecule is CNCc1c(S(=O)(=O)NCCCC2CC2)n[nH]c1C. The van der Waals surface area contributed by atoms with Crippen LogP contribution in [0.15, 0.2) is 5.03 Å². The van der Waals surface area contributed by atoms with Gasteiger partial charge in [-0.25, -0.2) is 13.1 Å². The minimum Gasteiger partial charge on any atom is -0.316 e. The molecular weight excluding hydrogens is 264 g/mol. The van der Waals surface area contributed by atoms with Gasteiger partial charge in [0.15, 0.2) is 5.03 Å². The topological polar surface area (TPSA) is 86.9 Å². The Morgan fingerprint density at radius 3 is 2.79 bits per heavy atom. The minimum atomic E-state index is -3.50. The van der Waals surface area contributed by atoms with E-state index in [0.717, 1.165) is 24.5 Å². The highest BCUT2D eigenvalue weighted by atomic mass is 32.2. The number of nitrogens with one attached hydrogen (secondary N) is 3. The Hall–Kier alpha value is -0.920. The fourth-order valence-electron chi connectivity index (χ4n) is 2.11. The number of aryl methyl sites for hydroxylation is 1. The highest BCUT2D eigenvalue weighted by Gasteiger charge is 2.24. The van der Waals surface area contributed by atoms with Crippen molar-refractivity contribution >= 4 is 10.0 Å². The zero-order chi connectivity index (χ0) is 13.9. The van der Waals surface area contributed by atoms with Gasteiger partial charge in [-0.3, -0.25) is 5.10 Å². The maximum Gasteiger partial charge on any atom is 0.260 e. The molecule has 0 amide bonds. The van der Waals surface area contributed by atoms with Crippen molar-refractivity contribution in [3.05, 3.63) is 11.3 Å². The molecule has 1 aromatic rings. The monoisotopic (exact) mass is 286 g/mol.